The van der Waals surface area contributed by atoms with Gasteiger partial charge in [0.1, 0.15) is 0 Å². The molecule has 0 spiro atoms. The van der Waals surface area contributed by atoms with Gasteiger partial charge in [-0.1, -0.05) is 43.3 Å². The number of thiophene rings is 1. The Morgan fingerprint density at radius 2 is 1.97 bits per heavy atom. The van der Waals surface area contributed by atoms with Crippen molar-refractivity contribution in [1.82, 2.24) is 14.8 Å². The summed E-state index contributed by atoms with van der Waals surface area (Å²) in [6, 6.07) is 14.9. The lowest BCUT2D eigenvalue weighted by Gasteiger charge is -2.33. The highest BCUT2D eigenvalue weighted by molar-refractivity contribution is 7.21. The van der Waals surface area contributed by atoms with Crippen molar-refractivity contribution < 1.29 is 9.53 Å². The smallest absolute Gasteiger partial charge is 0.261 e. The molecule has 166 valence electrons. The highest BCUT2D eigenvalue weighted by Crippen LogP contribution is 2.38. The first-order chi connectivity index (χ1) is 15.6. The van der Waals surface area contributed by atoms with Crippen LogP contribution in [0.1, 0.15) is 39.4 Å². The second kappa shape index (κ2) is 8.70. The van der Waals surface area contributed by atoms with Gasteiger partial charge >= 0.3 is 0 Å². The van der Waals surface area contributed by atoms with E-state index in [-0.39, 0.29) is 12.0 Å². The van der Waals surface area contributed by atoms with Gasteiger partial charge < -0.3 is 14.6 Å². The number of carbonyl (C=O) groups excluding carboxylic acids is 1. The summed E-state index contributed by atoms with van der Waals surface area (Å²) in [5, 5.41) is 5.27. The van der Waals surface area contributed by atoms with Crippen molar-refractivity contribution in [3.05, 3.63) is 70.2 Å². The number of hydrogen-bond donors (Lipinski definition) is 1. The number of fused-ring (bicyclic) bond motifs is 2. The van der Waals surface area contributed by atoms with Crippen LogP contribution in [0.4, 0.5) is 0 Å². The molecule has 1 atom stereocenters. The lowest BCUT2D eigenvalue weighted by atomic mass is 10.0. The molecule has 5 rings (SSSR count). The van der Waals surface area contributed by atoms with Crippen LogP contribution in [0.25, 0.3) is 21.0 Å². The summed E-state index contributed by atoms with van der Waals surface area (Å²) in [6.07, 6.45) is 3.18. The fraction of sp³-hybridized carbons (Fsp3) is 0.346. The SMILES string of the molecule is CCc1cccc2c(CN3CCO[C@H](c4c(C(=O)NC)sc5ccccc45)C3)cn(C)c12. The molecule has 0 saturated carbocycles. The molecule has 4 aromatic rings. The quantitative estimate of drug-likeness (QED) is 0.474. The fourth-order valence-corrected chi connectivity index (χ4v) is 6.18. The average molecular weight is 448 g/mol. The van der Waals surface area contributed by atoms with Gasteiger partial charge in [0.2, 0.25) is 0 Å². The van der Waals surface area contributed by atoms with Gasteiger partial charge in [0.15, 0.2) is 0 Å². The molecule has 0 unspecified atom stereocenters. The highest BCUT2D eigenvalue weighted by atomic mass is 32.1. The van der Waals surface area contributed by atoms with Crippen molar-refractivity contribution in [1.29, 1.82) is 0 Å². The number of amides is 1. The van der Waals surface area contributed by atoms with Gasteiger partial charge in [0, 0.05) is 55.6 Å². The number of nitrogens with zero attached hydrogens (tertiary/aromatic N) is 2. The van der Waals surface area contributed by atoms with Crippen molar-refractivity contribution in [2.75, 3.05) is 26.7 Å². The van der Waals surface area contributed by atoms with Crippen LogP contribution in [-0.4, -0.2) is 42.1 Å². The first-order valence-electron chi connectivity index (χ1n) is 11.2. The highest BCUT2D eigenvalue weighted by Gasteiger charge is 2.29. The fourth-order valence-electron chi connectivity index (χ4n) is 4.98. The number of hydrogen-bond acceptors (Lipinski definition) is 4. The van der Waals surface area contributed by atoms with E-state index in [1.807, 2.05) is 12.1 Å². The van der Waals surface area contributed by atoms with Crippen molar-refractivity contribution in [3.8, 4) is 0 Å². The minimum Gasteiger partial charge on any atom is -0.371 e. The minimum atomic E-state index is -0.117. The maximum atomic E-state index is 12.7. The average Bonchev–Trinajstić information content (AvgIpc) is 3.37. The molecule has 6 heteroatoms. The number of carbonyl (C=O) groups is 1. The third-order valence-corrected chi connectivity index (χ3v) is 7.67. The Labute approximate surface area is 192 Å². The van der Waals surface area contributed by atoms with Crippen LogP contribution >= 0.6 is 11.3 Å². The first-order valence-corrected chi connectivity index (χ1v) is 12.1. The lowest BCUT2D eigenvalue weighted by molar-refractivity contribution is -0.0322. The maximum absolute atomic E-state index is 12.7. The van der Waals surface area contributed by atoms with E-state index in [1.54, 1.807) is 18.4 Å². The normalized spacial score (nSPS) is 17.3. The molecule has 32 heavy (non-hydrogen) atoms. The third-order valence-electron chi connectivity index (χ3n) is 6.48. The molecule has 0 radical (unpaired) electrons. The van der Waals surface area contributed by atoms with E-state index in [2.05, 4.69) is 65.3 Å². The van der Waals surface area contributed by atoms with Crippen LogP contribution in [0.5, 0.6) is 0 Å². The van der Waals surface area contributed by atoms with Crippen molar-refractivity contribution in [3.63, 3.8) is 0 Å². The van der Waals surface area contributed by atoms with Crippen molar-refractivity contribution in [2.45, 2.75) is 26.0 Å². The summed E-state index contributed by atoms with van der Waals surface area (Å²) in [7, 11) is 3.83. The zero-order valence-electron chi connectivity index (χ0n) is 18.9. The first kappa shape index (κ1) is 21.2. The van der Waals surface area contributed by atoms with Crippen LogP contribution in [0.3, 0.4) is 0 Å². The van der Waals surface area contributed by atoms with Crippen LogP contribution in [0, 0.1) is 0 Å². The number of para-hydroxylation sites is 1. The molecule has 5 nitrogen and oxygen atoms in total. The van der Waals surface area contributed by atoms with E-state index in [4.69, 9.17) is 4.74 Å². The second-order valence-corrected chi connectivity index (χ2v) is 9.50. The Morgan fingerprint density at radius 3 is 2.78 bits per heavy atom. The van der Waals surface area contributed by atoms with E-state index in [0.29, 0.717) is 6.61 Å². The Balaban J connectivity index is 1.47. The summed E-state index contributed by atoms with van der Waals surface area (Å²) in [5.74, 6) is -0.0388. The molecule has 1 aliphatic heterocycles. The van der Waals surface area contributed by atoms with Gasteiger partial charge in [-0.3, -0.25) is 9.69 Å². The molecule has 1 N–H and O–H groups in total. The van der Waals surface area contributed by atoms with E-state index in [9.17, 15) is 4.79 Å². The number of ether oxygens (including phenoxy) is 1. The topological polar surface area (TPSA) is 46.5 Å². The van der Waals surface area contributed by atoms with E-state index in [1.165, 1.54) is 22.0 Å². The molecular weight excluding hydrogens is 418 g/mol. The van der Waals surface area contributed by atoms with Crippen molar-refractivity contribution in [2.24, 2.45) is 7.05 Å². The molecule has 1 aliphatic rings. The Bertz CT molecular complexity index is 1290. The molecule has 0 bridgehead atoms. The predicted octanol–water partition coefficient (Wildman–Crippen LogP) is 4.89. The molecular formula is C26H29N3O2S. The number of morpholine rings is 1. The number of aromatic nitrogens is 1. The van der Waals surface area contributed by atoms with Crippen molar-refractivity contribution >= 4 is 38.2 Å². The van der Waals surface area contributed by atoms with Gasteiger partial charge in [-0.15, -0.1) is 11.3 Å². The van der Waals surface area contributed by atoms with Crippen LogP contribution in [-0.2, 0) is 24.8 Å². The largest absolute Gasteiger partial charge is 0.371 e. The predicted molar refractivity (Wildman–Crippen MR) is 131 cm³/mol. The molecule has 1 fully saturated rings. The summed E-state index contributed by atoms with van der Waals surface area (Å²) < 4.78 is 9.63. The van der Waals surface area contributed by atoms with Gasteiger partial charge in [-0.2, -0.15) is 0 Å². The van der Waals surface area contributed by atoms with E-state index in [0.717, 1.165) is 46.6 Å². The zero-order chi connectivity index (χ0) is 22.2. The van der Waals surface area contributed by atoms with E-state index >= 15 is 0 Å². The second-order valence-electron chi connectivity index (χ2n) is 8.45. The van der Waals surface area contributed by atoms with E-state index < -0.39 is 0 Å². The zero-order valence-corrected chi connectivity index (χ0v) is 19.7. The minimum absolute atomic E-state index is 0.0388. The Morgan fingerprint density at radius 1 is 1.16 bits per heavy atom. The summed E-state index contributed by atoms with van der Waals surface area (Å²) in [6.45, 7) is 5.41. The summed E-state index contributed by atoms with van der Waals surface area (Å²) >= 11 is 1.55. The molecule has 1 saturated heterocycles. The summed E-state index contributed by atoms with van der Waals surface area (Å²) in [5.41, 5.74) is 5.09. The Kier molecular flexibility index (Phi) is 5.76. The molecule has 1 amide bonds. The number of benzene rings is 2. The maximum Gasteiger partial charge on any atom is 0.261 e. The van der Waals surface area contributed by atoms with Crippen LogP contribution < -0.4 is 5.32 Å². The van der Waals surface area contributed by atoms with Crippen LogP contribution in [0.15, 0.2) is 48.7 Å². The summed E-state index contributed by atoms with van der Waals surface area (Å²) in [4.78, 5) is 15.9. The molecule has 2 aromatic heterocycles. The molecule has 0 aliphatic carbocycles. The lowest BCUT2D eigenvalue weighted by Crippen LogP contribution is -2.38. The molecule has 3 heterocycles. The monoisotopic (exact) mass is 447 g/mol. The standard InChI is InChI=1S/C26H29N3O2S/c1-4-17-8-7-10-19-18(14-28(3)24(17)19)15-29-12-13-31-21(16-29)23-20-9-5-6-11-22(20)32-25(23)26(30)27-2/h5-11,14,21H,4,12-13,15-16H2,1-3H3,(H,27,30)/t21-/m0/s1. The van der Waals surface area contributed by atoms with Gasteiger partial charge in [0.05, 0.1) is 23.1 Å². The number of nitrogens with one attached hydrogen (secondary N) is 1. The van der Waals surface area contributed by atoms with Gasteiger partial charge in [0.25, 0.3) is 5.91 Å². The van der Waals surface area contributed by atoms with Gasteiger partial charge in [-0.05, 0) is 29.0 Å². The Hall–Kier alpha value is -2.67. The van der Waals surface area contributed by atoms with Gasteiger partial charge in [-0.25, -0.2) is 0 Å². The molecule has 2 aromatic carbocycles. The van der Waals surface area contributed by atoms with Crippen LogP contribution in [0.2, 0.25) is 0 Å². The number of aryl methyl sites for hydroxylation is 2. The third kappa shape index (κ3) is 3.62. The number of rotatable bonds is 5.